The Morgan fingerprint density at radius 1 is 1.00 bits per heavy atom. The second-order valence-corrected chi connectivity index (χ2v) is 8.28. The van der Waals surface area contributed by atoms with E-state index in [2.05, 4.69) is 4.72 Å². The van der Waals surface area contributed by atoms with Crippen molar-refractivity contribution in [3.05, 3.63) is 65.2 Å². The molecule has 0 aliphatic heterocycles. The molecule has 1 N–H and O–H groups in total. The van der Waals surface area contributed by atoms with Crippen LogP contribution in [-0.4, -0.2) is 32.3 Å². The number of carbonyl (C=O) groups excluding carboxylic acids is 1. The van der Waals surface area contributed by atoms with E-state index in [1.54, 1.807) is 27.8 Å². The molecule has 1 amide bonds. The summed E-state index contributed by atoms with van der Waals surface area (Å²) < 4.78 is 53.3. The number of carbonyl (C=O) groups is 1. The average molecular weight is 396 g/mol. The van der Waals surface area contributed by atoms with Crippen LogP contribution in [0.5, 0.6) is 0 Å². The zero-order valence-electron chi connectivity index (χ0n) is 15.5. The van der Waals surface area contributed by atoms with Crippen molar-refractivity contribution in [2.45, 2.75) is 37.8 Å². The minimum absolute atomic E-state index is 0.0593. The third-order valence-corrected chi connectivity index (χ3v) is 5.80. The highest BCUT2D eigenvalue weighted by Gasteiger charge is 2.21. The minimum atomic E-state index is -3.64. The highest BCUT2D eigenvalue weighted by atomic mass is 32.2. The van der Waals surface area contributed by atoms with Crippen LogP contribution in [0.25, 0.3) is 0 Å². The molecule has 1 unspecified atom stereocenters. The van der Waals surface area contributed by atoms with E-state index in [-0.39, 0.29) is 22.4 Å². The lowest BCUT2D eigenvalue weighted by Crippen LogP contribution is -2.31. The number of hydrogen-bond acceptors (Lipinski definition) is 3. The molecule has 0 saturated carbocycles. The van der Waals surface area contributed by atoms with Crippen molar-refractivity contribution in [3.8, 4) is 0 Å². The fourth-order valence-corrected chi connectivity index (χ4v) is 3.78. The van der Waals surface area contributed by atoms with E-state index < -0.39 is 27.7 Å². The van der Waals surface area contributed by atoms with Crippen molar-refractivity contribution in [2.75, 3.05) is 7.05 Å². The van der Waals surface area contributed by atoms with Crippen molar-refractivity contribution >= 4 is 15.9 Å². The third kappa shape index (κ3) is 4.90. The normalized spacial score (nSPS) is 12.9. The minimum Gasteiger partial charge on any atom is -0.335 e. The molecular weight excluding hydrogens is 374 g/mol. The Bertz CT molecular complexity index is 928. The maximum atomic E-state index is 13.4. The highest BCUT2D eigenvalue weighted by Crippen LogP contribution is 2.23. The lowest BCUT2D eigenvalue weighted by molar-refractivity contribution is 0.0742. The second kappa shape index (κ2) is 8.14. The zero-order chi connectivity index (χ0) is 20.4. The van der Waals surface area contributed by atoms with Gasteiger partial charge >= 0.3 is 0 Å². The van der Waals surface area contributed by atoms with Gasteiger partial charge in [-0.3, -0.25) is 4.79 Å². The summed E-state index contributed by atoms with van der Waals surface area (Å²) >= 11 is 0. The summed E-state index contributed by atoms with van der Waals surface area (Å²) in [6, 6.07) is 8.29. The molecule has 5 nitrogen and oxygen atoms in total. The summed E-state index contributed by atoms with van der Waals surface area (Å²) in [5.41, 5.74) is 0.737. The van der Waals surface area contributed by atoms with Gasteiger partial charge in [0, 0.05) is 18.7 Å². The summed E-state index contributed by atoms with van der Waals surface area (Å²) in [5, 5.41) is 0. The fraction of sp³-hybridized carbons (Fsp3) is 0.316. The van der Waals surface area contributed by atoms with Gasteiger partial charge in [0.1, 0.15) is 0 Å². The molecule has 2 rings (SSSR count). The largest absolute Gasteiger partial charge is 0.335 e. The molecule has 0 aliphatic carbocycles. The molecular formula is C19H22F2N2O3S. The standard InChI is InChI=1S/C19H22F2N2O3S/c1-12(2)22-27(25,26)16-8-5-14(6-9-16)19(24)23(4)13(3)15-7-10-17(20)18(21)11-15/h5-13,22H,1-4H3. The maximum Gasteiger partial charge on any atom is 0.254 e. The summed E-state index contributed by atoms with van der Waals surface area (Å²) in [4.78, 5) is 14.1. The molecule has 2 aromatic rings. The lowest BCUT2D eigenvalue weighted by atomic mass is 10.1. The average Bonchev–Trinajstić information content (AvgIpc) is 2.61. The Morgan fingerprint density at radius 2 is 1.59 bits per heavy atom. The molecule has 27 heavy (non-hydrogen) atoms. The van der Waals surface area contributed by atoms with Gasteiger partial charge in [0.15, 0.2) is 11.6 Å². The van der Waals surface area contributed by atoms with Gasteiger partial charge in [-0.05, 0) is 62.7 Å². The number of sulfonamides is 1. The van der Waals surface area contributed by atoms with Gasteiger partial charge in [-0.15, -0.1) is 0 Å². The zero-order valence-corrected chi connectivity index (χ0v) is 16.3. The number of nitrogens with zero attached hydrogens (tertiary/aromatic N) is 1. The van der Waals surface area contributed by atoms with Gasteiger partial charge in [0.25, 0.3) is 5.91 Å². The smallest absolute Gasteiger partial charge is 0.254 e. The molecule has 0 aromatic heterocycles. The van der Waals surface area contributed by atoms with Crippen LogP contribution in [0.15, 0.2) is 47.4 Å². The van der Waals surface area contributed by atoms with Gasteiger partial charge in [-0.1, -0.05) is 6.07 Å². The van der Waals surface area contributed by atoms with Crippen LogP contribution in [0.3, 0.4) is 0 Å². The van der Waals surface area contributed by atoms with E-state index >= 15 is 0 Å². The van der Waals surface area contributed by atoms with Gasteiger partial charge < -0.3 is 4.90 Å². The predicted octanol–water partition coefficient (Wildman–Crippen LogP) is 3.48. The van der Waals surface area contributed by atoms with Gasteiger partial charge in [-0.25, -0.2) is 21.9 Å². The first-order chi connectivity index (χ1) is 12.5. The molecule has 0 heterocycles. The number of amides is 1. The predicted molar refractivity (Wildman–Crippen MR) is 98.8 cm³/mol. The van der Waals surface area contributed by atoms with E-state index in [9.17, 15) is 22.0 Å². The van der Waals surface area contributed by atoms with Crippen LogP contribution in [0.1, 0.15) is 42.7 Å². The van der Waals surface area contributed by atoms with Crippen LogP contribution in [-0.2, 0) is 10.0 Å². The van der Waals surface area contributed by atoms with E-state index in [0.717, 1.165) is 12.1 Å². The van der Waals surface area contributed by atoms with E-state index in [1.807, 2.05) is 0 Å². The molecule has 146 valence electrons. The molecule has 0 radical (unpaired) electrons. The van der Waals surface area contributed by atoms with Crippen LogP contribution in [0.4, 0.5) is 8.78 Å². The molecule has 2 aromatic carbocycles. The molecule has 0 spiro atoms. The first kappa shape index (κ1) is 21.0. The number of rotatable bonds is 6. The number of benzene rings is 2. The van der Waals surface area contributed by atoms with Crippen molar-refractivity contribution in [1.82, 2.24) is 9.62 Å². The van der Waals surface area contributed by atoms with Gasteiger partial charge in [0.2, 0.25) is 10.0 Å². The SMILES string of the molecule is CC(C)NS(=O)(=O)c1ccc(C(=O)N(C)C(C)c2ccc(F)c(F)c2)cc1. The fourth-order valence-electron chi connectivity index (χ4n) is 2.53. The molecule has 0 bridgehead atoms. The van der Waals surface area contributed by atoms with E-state index in [0.29, 0.717) is 5.56 Å². The summed E-state index contributed by atoms with van der Waals surface area (Å²) in [7, 11) is -2.10. The Morgan fingerprint density at radius 3 is 2.11 bits per heavy atom. The maximum absolute atomic E-state index is 13.4. The Balaban J connectivity index is 2.20. The van der Waals surface area contributed by atoms with Crippen molar-refractivity contribution in [2.24, 2.45) is 0 Å². The topological polar surface area (TPSA) is 66.5 Å². The van der Waals surface area contributed by atoms with Crippen LogP contribution >= 0.6 is 0 Å². The quantitative estimate of drug-likeness (QED) is 0.813. The Kier molecular flexibility index (Phi) is 6.33. The van der Waals surface area contributed by atoms with Crippen LogP contribution in [0, 0.1) is 11.6 Å². The van der Waals surface area contributed by atoms with Crippen molar-refractivity contribution < 1.29 is 22.0 Å². The number of hydrogen-bond donors (Lipinski definition) is 1. The number of nitrogens with one attached hydrogen (secondary N) is 1. The molecule has 8 heteroatoms. The van der Waals surface area contributed by atoms with Gasteiger partial charge in [-0.2, -0.15) is 0 Å². The molecule has 0 aliphatic rings. The molecule has 0 fully saturated rings. The monoisotopic (exact) mass is 396 g/mol. The third-order valence-electron chi connectivity index (χ3n) is 4.13. The molecule has 1 atom stereocenters. The van der Waals surface area contributed by atoms with Crippen LogP contribution < -0.4 is 4.72 Å². The first-order valence-electron chi connectivity index (χ1n) is 8.37. The van der Waals surface area contributed by atoms with E-state index in [4.69, 9.17) is 0 Å². The van der Waals surface area contributed by atoms with E-state index in [1.165, 1.54) is 35.2 Å². The summed E-state index contributed by atoms with van der Waals surface area (Å²) in [5.74, 6) is -2.30. The Hall–Kier alpha value is -2.32. The van der Waals surface area contributed by atoms with Crippen molar-refractivity contribution in [1.29, 1.82) is 0 Å². The number of halogens is 2. The Labute approximate surface area is 158 Å². The lowest BCUT2D eigenvalue weighted by Gasteiger charge is -2.25. The van der Waals surface area contributed by atoms with Crippen molar-refractivity contribution in [3.63, 3.8) is 0 Å². The summed E-state index contributed by atoms with van der Waals surface area (Å²) in [6.45, 7) is 5.12. The van der Waals surface area contributed by atoms with Crippen LogP contribution in [0.2, 0.25) is 0 Å². The molecule has 0 saturated heterocycles. The highest BCUT2D eigenvalue weighted by molar-refractivity contribution is 7.89. The first-order valence-corrected chi connectivity index (χ1v) is 9.85. The van der Waals surface area contributed by atoms with Gasteiger partial charge in [0.05, 0.1) is 10.9 Å². The second-order valence-electron chi connectivity index (χ2n) is 6.57. The summed E-state index contributed by atoms with van der Waals surface area (Å²) in [6.07, 6.45) is 0.